The quantitative estimate of drug-likeness (QED) is 0.181. The second kappa shape index (κ2) is 9.64. The van der Waals surface area contributed by atoms with Crippen LogP contribution in [-0.2, 0) is 0 Å². The molecule has 2 heterocycles. The minimum Gasteiger partial charge on any atom is -0.310 e. The van der Waals surface area contributed by atoms with Crippen LogP contribution in [0.2, 0.25) is 0 Å². The molecule has 0 radical (unpaired) electrons. The predicted octanol–water partition coefficient (Wildman–Crippen LogP) is 13.4. The third-order valence-electron chi connectivity index (χ3n) is 9.22. The highest BCUT2D eigenvalue weighted by Gasteiger charge is 2.18. The molecule has 0 saturated carbocycles. The molecule has 0 unspecified atom stereocenters. The van der Waals surface area contributed by atoms with E-state index < -0.39 is 0 Å². The minimum absolute atomic E-state index is 1.15. The monoisotopic (exact) mass is 607 g/mol. The number of nitrogens with zero attached hydrogens (tertiary/aromatic N) is 1. The minimum atomic E-state index is 1.15. The van der Waals surface area contributed by atoms with Crippen LogP contribution >= 0.6 is 22.7 Å². The molecule has 10 rings (SSSR count). The zero-order chi connectivity index (χ0) is 29.5. The van der Waals surface area contributed by atoms with E-state index >= 15 is 0 Å². The van der Waals surface area contributed by atoms with E-state index in [1.807, 2.05) is 22.7 Å². The molecule has 0 N–H and O–H groups in total. The summed E-state index contributed by atoms with van der Waals surface area (Å²) >= 11 is 3.73. The summed E-state index contributed by atoms with van der Waals surface area (Å²) < 4.78 is 5.28. The van der Waals surface area contributed by atoms with Gasteiger partial charge < -0.3 is 4.90 Å². The van der Waals surface area contributed by atoms with Crippen molar-refractivity contribution in [3.63, 3.8) is 0 Å². The van der Waals surface area contributed by atoms with E-state index in [9.17, 15) is 0 Å². The lowest BCUT2D eigenvalue weighted by Crippen LogP contribution is -2.09. The third kappa shape index (κ3) is 3.85. The Labute approximate surface area is 267 Å². The summed E-state index contributed by atoms with van der Waals surface area (Å²) in [5.74, 6) is 0. The summed E-state index contributed by atoms with van der Waals surface area (Å²) in [5.41, 5.74) is 3.48. The van der Waals surface area contributed by atoms with Crippen molar-refractivity contribution in [2.24, 2.45) is 0 Å². The van der Waals surface area contributed by atoms with Gasteiger partial charge in [0.05, 0.1) is 0 Å². The zero-order valence-corrected chi connectivity index (χ0v) is 25.8. The summed E-state index contributed by atoms with van der Waals surface area (Å²) in [6, 6.07) is 56.2. The number of hydrogen-bond donors (Lipinski definition) is 0. The summed E-state index contributed by atoms with van der Waals surface area (Å²) in [6.45, 7) is 0. The molecule has 0 bridgehead atoms. The van der Waals surface area contributed by atoms with Crippen molar-refractivity contribution in [3.8, 4) is 0 Å². The average molecular weight is 608 g/mol. The molecule has 0 fully saturated rings. The van der Waals surface area contributed by atoms with E-state index in [1.165, 1.54) is 72.7 Å². The van der Waals surface area contributed by atoms with E-state index in [2.05, 4.69) is 157 Å². The number of hydrogen-bond acceptors (Lipinski definition) is 3. The molecular formula is C42H25NS2. The molecule has 3 heteroatoms. The van der Waals surface area contributed by atoms with E-state index in [4.69, 9.17) is 0 Å². The molecule has 45 heavy (non-hydrogen) atoms. The number of fused-ring (bicyclic) bond motifs is 11. The molecule has 0 atom stereocenters. The van der Waals surface area contributed by atoms with Crippen LogP contribution in [0.15, 0.2) is 152 Å². The highest BCUT2D eigenvalue weighted by Crippen LogP contribution is 2.44. The highest BCUT2D eigenvalue weighted by atomic mass is 32.1. The summed E-state index contributed by atoms with van der Waals surface area (Å²) in [5, 5.41) is 12.9. The maximum atomic E-state index is 2.44. The van der Waals surface area contributed by atoms with Crippen LogP contribution in [0.5, 0.6) is 0 Å². The third-order valence-corrected chi connectivity index (χ3v) is 11.5. The maximum Gasteiger partial charge on any atom is 0.0468 e. The van der Waals surface area contributed by atoms with Gasteiger partial charge in [-0.25, -0.2) is 0 Å². The van der Waals surface area contributed by atoms with Crippen LogP contribution in [-0.4, -0.2) is 0 Å². The molecule has 0 amide bonds. The fraction of sp³-hybridized carbons (Fsp3) is 0. The van der Waals surface area contributed by atoms with E-state index in [1.54, 1.807) is 0 Å². The van der Waals surface area contributed by atoms with Crippen molar-refractivity contribution in [1.82, 2.24) is 0 Å². The first-order valence-electron chi connectivity index (χ1n) is 15.3. The van der Waals surface area contributed by atoms with Crippen molar-refractivity contribution in [2.45, 2.75) is 0 Å². The second-order valence-electron chi connectivity index (χ2n) is 11.7. The van der Waals surface area contributed by atoms with Gasteiger partial charge in [0, 0.05) is 57.4 Å². The van der Waals surface area contributed by atoms with Crippen molar-refractivity contribution in [3.05, 3.63) is 152 Å². The number of rotatable bonds is 3. The Kier molecular flexibility index (Phi) is 5.39. The summed E-state index contributed by atoms with van der Waals surface area (Å²) in [6.07, 6.45) is 0. The predicted molar refractivity (Wildman–Crippen MR) is 199 cm³/mol. The Hall–Kier alpha value is -5.22. The van der Waals surface area contributed by atoms with E-state index in [0.29, 0.717) is 0 Å². The Morgan fingerprint density at radius 3 is 1.33 bits per heavy atom. The first kappa shape index (κ1) is 25.1. The average Bonchev–Trinajstić information content (AvgIpc) is 3.66. The van der Waals surface area contributed by atoms with Gasteiger partial charge in [-0.3, -0.25) is 0 Å². The Morgan fingerprint density at radius 2 is 0.711 bits per heavy atom. The van der Waals surface area contributed by atoms with Crippen LogP contribution in [0.1, 0.15) is 0 Å². The van der Waals surface area contributed by atoms with Crippen LogP contribution in [0.3, 0.4) is 0 Å². The Bertz CT molecular complexity index is 2670. The lowest BCUT2D eigenvalue weighted by molar-refractivity contribution is 1.30. The first-order valence-corrected chi connectivity index (χ1v) is 16.9. The molecule has 0 spiro atoms. The largest absolute Gasteiger partial charge is 0.310 e. The molecule has 210 valence electrons. The molecular weight excluding hydrogens is 583 g/mol. The molecule has 2 aromatic heterocycles. The van der Waals surface area contributed by atoms with E-state index in [-0.39, 0.29) is 0 Å². The Morgan fingerprint density at radius 1 is 0.289 bits per heavy atom. The highest BCUT2D eigenvalue weighted by molar-refractivity contribution is 7.26. The molecule has 0 aliphatic carbocycles. The summed E-state index contributed by atoms with van der Waals surface area (Å²) in [7, 11) is 0. The van der Waals surface area contributed by atoms with Gasteiger partial charge in [-0.1, -0.05) is 91.0 Å². The maximum absolute atomic E-state index is 2.44. The number of thiophene rings is 2. The smallest absolute Gasteiger partial charge is 0.0468 e. The van der Waals surface area contributed by atoms with Crippen LogP contribution < -0.4 is 4.90 Å². The molecule has 0 saturated heterocycles. The number of anilines is 3. The van der Waals surface area contributed by atoms with Gasteiger partial charge >= 0.3 is 0 Å². The van der Waals surface area contributed by atoms with Crippen molar-refractivity contribution < 1.29 is 0 Å². The van der Waals surface area contributed by atoms with Crippen molar-refractivity contribution >= 4 is 112 Å². The molecule has 10 aromatic rings. The van der Waals surface area contributed by atoms with Crippen LogP contribution in [0, 0.1) is 0 Å². The Balaban J connectivity index is 1.25. The van der Waals surface area contributed by atoms with E-state index in [0.717, 1.165) is 17.1 Å². The molecule has 0 aliphatic rings. The lowest BCUT2D eigenvalue weighted by atomic mass is 9.96. The van der Waals surface area contributed by atoms with Crippen LogP contribution in [0.4, 0.5) is 17.1 Å². The lowest BCUT2D eigenvalue weighted by Gasteiger charge is -2.26. The molecule has 8 aromatic carbocycles. The zero-order valence-electron chi connectivity index (χ0n) is 24.2. The van der Waals surface area contributed by atoms with Crippen molar-refractivity contribution in [1.29, 1.82) is 0 Å². The second-order valence-corrected chi connectivity index (χ2v) is 13.9. The van der Waals surface area contributed by atoms with Gasteiger partial charge in [0.1, 0.15) is 0 Å². The van der Waals surface area contributed by atoms with Crippen molar-refractivity contribution in [2.75, 3.05) is 4.90 Å². The van der Waals surface area contributed by atoms with Gasteiger partial charge in [0.15, 0.2) is 0 Å². The molecule has 1 nitrogen and oxygen atoms in total. The summed E-state index contributed by atoms with van der Waals surface area (Å²) in [4.78, 5) is 2.44. The molecule has 0 aliphatic heterocycles. The topological polar surface area (TPSA) is 3.24 Å². The van der Waals surface area contributed by atoms with Crippen LogP contribution in [0.25, 0.3) is 72.7 Å². The van der Waals surface area contributed by atoms with Gasteiger partial charge in [-0.2, -0.15) is 0 Å². The first-order chi connectivity index (χ1) is 22.3. The van der Waals surface area contributed by atoms with Gasteiger partial charge in [-0.15, -0.1) is 22.7 Å². The fourth-order valence-electron chi connectivity index (χ4n) is 7.10. The fourth-order valence-corrected chi connectivity index (χ4v) is 9.27. The standard InChI is InChI=1S/C42H25NS2/c1-2-8-31-26(7-1)14-20-33-32(31)19-15-27-13-16-28(23-36(27)33)43(29-17-21-41-37(24-29)34-9-3-5-11-39(34)44-41)30-18-22-42-38(25-30)35-10-4-6-12-40(35)45-42/h1-25H. The van der Waals surface area contributed by atoms with Gasteiger partial charge in [-0.05, 0) is 93.0 Å². The normalized spacial score (nSPS) is 12.0. The number of benzene rings is 8. The van der Waals surface area contributed by atoms with Gasteiger partial charge in [0.2, 0.25) is 0 Å². The SMILES string of the molecule is c1ccc2c(c1)ccc1c3cc(N(c4ccc5sc6ccccc6c5c4)c4ccc5sc6ccccc6c5c4)ccc3ccc21. The van der Waals surface area contributed by atoms with Gasteiger partial charge in [0.25, 0.3) is 0 Å².